The van der Waals surface area contributed by atoms with Crippen LogP contribution >= 0.6 is 23.2 Å². The Morgan fingerprint density at radius 3 is 2.26 bits per heavy atom. The molecule has 0 spiro atoms. The third-order valence-corrected chi connectivity index (χ3v) is 6.55. The number of aryl methyl sites for hydroxylation is 1. The number of anilines is 1. The van der Waals surface area contributed by atoms with Gasteiger partial charge in [-0.1, -0.05) is 35.3 Å². The van der Waals surface area contributed by atoms with Gasteiger partial charge in [0, 0.05) is 24.3 Å². The van der Waals surface area contributed by atoms with E-state index in [2.05, 4.69) is 15.4 Å². The Bertz CT molecular complexity index is 1100. The number of ether oxygens (including phenoxy) is 1. The molecule has 0 atom stereocenters. The molecule has 11 heteroatoms. The minimum absolute atomic E-state index is 0.174. The first-order valence-electron chi connectivity index (χ1n) is 10.6. The van der Waals surface area contributed by atoms with Gasteiger partial charge in [0.25, 0.3) is 5.91 Å². The van der Waals surface area contributed by atoms with Crippen LogP contribution in [0.1, 0.15) is 43.1 Å². The number of halogens is 2. The maximum Gasteiger partial charge on any atom is 0.407 e. The van der Waals surface area contributed by atoms with Gasteiger partial charge >= 0.3 is 6.09 Å². The van der Waals surface area contributed by atoms with Gasteiger partial charge in [-0.3, -0.25) is 9.52 Å². The highest BCUT2D eigenvalue weighted by Gasteiger charge is 2.16. The molecule has 0 saturated carbocycles. The summed E-state index contributed by atoms with van der Waals surface area (Å²) in [5.74, 6) is -0.477. The largest absolute Gasteiger partial charge is 0.444 e. The lowest BCUT2D eigenvalue weighted by Gasteiger charge is -2.19. The molecule has 2 rings (SSSR count). The van der Waals surface area contributed by atoms with Crippen LogP contribution in [0.3, 0.4) is 0 Å². The lowest BCUT2D eigenvalue weighted by Crippen LogP contribution is -2.34. The maximum absolute atomic E-state index is 12.4. The molecule has 34 heavy (non-hydrogen) atoms. The summed E-state index contributed by atoms with van der Waals surface area (Å²) in [5, 5.41) is 6.08. The normalized spacial score (nSPS) is 11.6. The molecule has 0 aliphatic rings. The Morgan fingerprint density at radius 2 is 1.62 bits per heavy atom. The second-order valence-electron chi connectivity index (χ2n) is 8.50. The molecule has 2 aromatic rings. The van der Waals surface area contributed by atoms with E-state index >= 15 is 0 Å². The highest BCUT2D eigenvalue weighted by atomic mass is 35.5. The van der Waals surface area contributed by atoms with Crippen LogP contribution in [0.15, 0.2) is 42.5 Å². The minimum atomic E-state index is -3.63. The van der Waals surface area contributed by atoms with Gasteiger partial charge in [-0.15, -0.1) is 0 Å². The molecule has 0 unspecified atom stereocenters. The fourth-order valence-electron chi connectivity index (χ4n) is 2.80. The van der Waals surface area contributed by atoms with Crippen molar-refractivity contribution in [2.24, 2.45) is 0 Å². The van der Waals surface area contributed by atoms with Crippen LogP contribution in [0, 0.1) is 0 Å². The second-order valence-corrected chi connectivity index (χ2v) is 11.1. The first-order valence-corrected chi connectivity index (χ1v) is 13.1. The van der Waals surface area contributed by atoms with Crippen molar-refractivity contribution < 1.29 is 22.7 Å². The average Bonchev–Trinajstić information content (AvgIpc) is 2.73. The second kappa shape index (κ2) is 12.3. The summed E-state index contributed by atoms with van der Waals surface area (Å²) >= 11 is 12.1. The predicted octanol–water partition coefficient (Wildman–Crippen LogP) is 4.62. The third kappa shape index (κ3) is 9.79. The van der Waals surface area contributed by atoms with Crippen LogP contribution < -0.4 is 15.4 Å². The summed E-state index contributed by atoms with van der Waals surface area (Å²) < 4.78 is 32.4. The van der Waals surface area contributed by atoms with E-state index in [1.54, 1.807) is 39.0 Å². The van der Waals surface area contributed by atoms with E-state index in [1.165, 1.54) is 24.3 Å². The summed E-state index contributed by atoms with van der Waals surface area (Å²) in [5.41, 5.74) is 0.805. The van der Waals surface area contributed by atoms with Crippen LogP contribution in [0.5, 0.6) is 0 Å². The zero-order valence-electron chi connectivity index (χ0n) is 19.3. The van der Waals surface area contributed by atoms with E-state index in [4.69, 9.17) is 27.9 Å². The molecule has 0 heterocycles. The van der Waals surface area contributed by atoms with Crippen molar-refractivity contribution in [2.75, 3.05) is 23.6 Å². The fraction of sp³-hybridized carbons (Fsp3) is 0.391. The van der Waals surface area contributed by atoms with Crippen LogP contribution in [-0.2, 0) is 21.2 Å². The van der Waals surface area contributed by atoms with Crippen molar-refractivity contribution in [1.82, 2.24) is 10.6 Å². The van der Waals surface area contributed by atoms with Gasteiger partial charge in [0.1, 0.15) is 5.60 Å². The lowest BCUT2D eigenvalue weighted by atomic mass is 10.2. The van der Waals surface area contributed by atoms with Crippen molar-refractivity contribution in [3.63, 3.8) is 0 Å². The standard InChI is InChI=1S/C23H29Cl2N3O5S/c1-23(2,3)33-22(30)27-14-5-13-26-21(29)17-8-10-18(11-9-17)28-34(31,32)15-12-16-6-4-7-19(24)20(16)25/h4,6-11,28H,5,12-15H2,1-3H3,(H,26,29)(H,27,30). The van der Waals surface area contributed by atoms with Crippen LogP contribution in [0.2, 0.25) is 10.0 Å². The molecule has 3 N–H and O–H groups in total. The molecule has 8 nitrogen and oxygen atoms in total. The monoisotopic (exact) mass is 529 g/mol. The molecule has 0 aliphatic carbocycles. The van der Waals surface area contributed by atoms with Gasteiger partial charge < -0.3 is 15.4 Å². The van der Waals surface area contributed by atoms with Gasteiger partial charge in [0.2, 0.25) is 10.0 Å². The fourth-order valence-corrected chi connectivity index (χ4v) is 4.30. The van der Waals surface area contributed by atoms with Crippen molar-refractivity contribution in [2.45, 2.75) is 39.2 Å². The minimum Gasteiger partial charge on any atom is -0.444 e. The molecule has 0 radical (unpaired) electrons. The van der Waals surface area contributed by atoms with E-state index < -0.39 is 21.7 Å². The van der Waals surface area contributed by atoms with Crippen molar-refractivity contribution >= 4 is 50.9 Å². The van der Waals surface area contributed by atoms with E-state index in [1.807, 2.05) is 0 Å². The molecular weight excluding hydrogens is 501 g/mol. The third-order valence-electron chi connectivity index (χ3n) is 4.40. The van der Waals surface area contributed by atoms with E-state index in [-0.39, 0.29) is 18.1 Å². The molecule has 2 aromatic carbocycles. The number of hydrogen-bond acceptors (Lipinski definition) is 5. The average molecular weight is 530 g/mol. The number of benzene rings is 2. The Balaban J connectivity index is 1.77. The summed E-state index contributed by atoms with van der Waals surface area (Å²) in [4.78, 5) is 23.8. The maximum atomic E-state index is 12.4. The van der Waals surface area contributed by atoms with Gasteiger partial charge in [-0.2, -0.15) is 0 Å². The Kier molecular flexibility index (Phi) is 10.0. The van der Waals surface area contributed by atoms with Crippen LogP contribution in [0.4, 0.5) is 10.5 Å². The quantitative estimate of drug-likeness (QED) is 0.388. The van der Waals surface area contributed by atoms with E-state index in [0.29, 0.717) is 46.4 Å². The highest BCUT2D eigenvalue weighted by molar-refractivity contribution is 7.92. The zero-order valence-corrected chi connectivity index (χ0v) is 21.6. The number of carbonyl (C=O) groups excluding carboxylic acids is 2. The number of rotatable bonds is 10. The summed E-state index contributed by atoms with van der Waals surface area (Å²) in [7, 11) is -3.63. The van der Waals surface area contributed by atoms with E-state index in [0.717, 1.165) is 0 Å². The van der Waals surface area contributed by atoms with Gasteiger partial charge in [0.05, 0.1) is 15.8 Å². The van der Waals surface area contributed by atoms with Crippen LogP contribution in [0.25, 0.3) is 0 Å². The number of sulfonamides is 1. The molecule has 0 bridgehead atoms. The SMILES string of the molecule is CC(C)(C)OC(=O)NCCCNC(=O)c1ccc(NS(=O)(=O)CCc2cccc(Cl)c2Cl)cc1. The van der Waals surface area contributed by atoms with Crippen molar-refractivity contribution in [3.8, 4) is 0 Å². The summed E-state index contributed by atoms with van der Waals surface area (Å²) in [6.45, 7) is 6.05. The van der Waals surface area contributed by atoms with E-state index in [9.17, 15) is 18.0 Å². The van der Waals surface area contributed by atoms with Gasteiger partial charge in [0.15, 0.2) is 0 Å². The predicted molar refractivity (Wildman–Crippen MR) is 135 cm³/mol. The summed E-state index contributed by atoms with van der Waals surface area (Å²) in [6, 6.07) is 11.2. The van der Waals surface area contributed by atoms with Gasteiger partial charge in [-0.25, -0.2) is 13.2 Å². The molecule has 186 valence electrons. The molecular formula is C23H29Cl2N3O5S. The number of carbonyl (C=O) groups is 2. The number of hydrogen-bond donors (Lipinski definition) is 3. The number of amides is 2. The number of alkyl carbamates (subject to hydrolysis) is 1. The smallest absolute Gasteiger partial charge is 0.407 e. The molecule has 0 saturated heterocycles. The first kappa shape index (κ1) is 27.8. The summed E-state index contributed by atoms with van der Waals surface area (Å²) in [6.07, 6.45) is 0.227. The molecule has 0 aromatic heterocycles. The molecule has 2 amide bonds. The van der Waals surface area contributed by atoms with Gasteiger partial charge in [-0.05, 0) is 69.5 Å². The first-order chi connectivity index (χ1) is 15.9. The highest BCUT2D eigenvalue weighted by Crippen LogP contribution is 2.26. The van der Waals surface area contributed by atoms with Crippen LogP contribution in [-0.4, -0.2) is 44.9 Å². The zero-order chi connectivity index (χ0) is 25.4. The topological polar surface area (TPSA) is 114 Å². The Morgan fingerprint density at radius 1 is 0.971 bits per heavy atom. The molecule has 0 fully saturated rings. The lowest BCUT2D eigenvalue weighted by molar-refractivity contribution is 0.0527. The van der Waals surface area contributed by atoms with Crippen molar-refractivity contribution in [3.05, 3.63) is 63.6 Å². The Labute approximate surface area is 210 Å². The molecule has 0 aliphatic heterocycles. The number of nitrogens with one attached hydrogen (secondary N) is 3. The Hall–Kier alpha value is -2.49. The van der Waals surface area contributed by atoms with Crippen molar-refractivity contribution in [1.29, 1.82) is 0 Å².